The van der Waals surface area contributed by atoms with Crippen LogP contribution in [0.1, 0.15) is 16.7 Å². The van der Waals surface area contributed by atoms with E-state index >= 15 is 0 Å². The molecule has 0 amide bonds. The van der Waals surface area contributed by atoms with Gasteiger partial charge in [-0.2, -0.15) is 0 Å². The van der Waals surface area contributed by atoms with Crippen LogP contribution >= 0.6 is 27.5 Å². The van der Waals surface area contributed by atoms with Crippen LogP contribution in [0.25, 0.3) is 0 Å². The van der Waals surface area contributed by atoms with E-state index in [1.54, 1.807) is 12.1 Å². The first-order valence-electron chi connectivity index (χ1n) is 6.22. The summed E-state index contributed by atoms with van der Waals surface area (Å²) in [5.74, 6) is 0.979. The monoisotopic (exact) mass is 369 g/mol. The van der Waals surface area contributed by atoms with E-state index in [0.717, 1.165) is 11.1 Å². The highest BCUT2D eigenvalue weighted by molar-refractivity contribution is 9.10. The Kier molecular flexibility index (Phi) is 5.20. The van der Waals surface area contributed by atoms with Crippen LogP contribution in [0.5, 0.6) is 5.75 Å². The number of nitro groups is 1. The molecule has 0 saturated heterocycles. The summed E-state index contributed by atoms with van der Waals surface area (Å²) in [6.45, 7) is 2.09. The van der Waals surface area contributed by atoms with Crippen LogP contribution in [0.3, 0.4) is 0 Å². The number of alkyl halides is 1. The van der Waals surface area contributed by atoms with Crippen molar-refractivity contribution in [3.8, 4) is 5.75 Å². The van der Waals surface area contributed by atoms with Crippen LogP contribution in [0.15, 0.2) is 40.9 Å². The third kappa shape index (κ3) is 3.95. The molecule has 0 spiro atoms. The van der Waals surface area contributed by atoms with Crippen molar-refractivity contribution >= 4 is 33.2 Å². The topological polar surface area (TPSA) is 52.4 Å². The van der Waals surface area contributed by atoms with Crippen molar-refractivity contribution in [3.05, 3.63) is 67.7 Å². The normalized spacial score (nSPS) is 10.4. The SMILES string of the molecule is Cc1ccc(OCc2ccc(Br)cc2[N+](=O)[O-])c(CCl)c1. The van der Waals surface area contributed by atoms with Gasteiger partial charge in [0.05, 0.1) is 16.4 Å². The summed E-state index contributed by atoms with van der Waals surface area (Å²) in [5.41, 5.74) is 2.51. The quantitative estimate of drug-likeness (QED) is 0.423. The molecule has 0 radical (unpaired) electrons. The highest BCUT2D eigenvalue weighted by atomic mass is 79.9. The largest absolute Gasteiger partial charge is 0.488 e. The van der Waals surface area contributed by atoms with Gasteiger partial charge in [0.2, 0.25) is 0 Å². The minimum absolute atomic E-state index is 0.0314. The number of halogens is 2. The Balaban J connectivity index is 2.22. The van der Waals surface area contributed by atoms with Crippen molar-refractivity contribution in [2.45, 2.75) is 19.4 Å². The molecule has 0 saturated carbocycles. The van der Waals surface area contributed by atoms with Gasteiger partial charge in [-0.25, -0.2) is 0 Å². The molecule has 4 nitrogen and oxygen atoms in total. The van der Waals surface area contributed by atoms with Crippen LogP contribution in [0.2, 0.25) is 0 Å². The molecular weight excluding hydrogens is 358 g/mol. The summed E-state index contributed by atoms with van der Waals surface area (Å²) in [4.78, 5) is 10.6. The molecule has 0 atom stereocenters. The lowest BCUT2D eigenvalue weighted by molar-refractivity contribution is -0.385. The summed E-state index contributed by atoms with van der Waals surface area (Å²) in [6.07, 6.45) is 0. The third-order valence-electron chi connectivity index (χ3n) is 2.99. The standard InChI is InChI=1S/C15H13BrClNO3/c1-10-2-5-15(12(6-10)8-17)21-9-11-3-4-13(16)7-14(11)18(19)20/h2-7H,8-9H2,1H3. The van der Waals surface area contributed by atoms with E-state index in [2.05, 4.69) is 15.9 Å². The second-order valence-corrected chi connectivity index (χ2v) is 5.75. The molecule has 0 aromatic heterocycles. The maximum Gasteiger partial charge on any atom is 0.277 e. The van der Waals surface area contributed by atoms with Crippen molar-refractivity contribution in [3.63, 3.8) is 0 Å². The van der Waals surface area contributed by atoms with Gasteiger partial charge in [-0.1, -0.05) is 33.6 Å². The highest BCUT2D eigenvalue weighted by Crippen LogP contribution is 2.27. The molecule has 0 fully saturated rings. The number of rotatable bonds is 5. The minimum atomic E-state index is -0.416. The number of benzene rings is 2. The molecular formula is C15H13BrClNO3. The summed E-state index contributed by atoms with van der Waals surface area (Å²) < 4.78 is 6.36. The van der Waals surface area contributed by atoms with Gasteiger partial charge in [-0.3, -0.25) is 10.1 Å². The van der Waals surface area contributed by atoms with Gasteiger partial charge in [0.25, 0.3) is 5.69 Å². The fraction of sp³-hybridized carbons (Fsp3) is 0.200. The molecule has 0 heterocycles. The Morgan fingerprint density at radius 1 is 1.24 bits per heavy atom. The second kappa shape index (κ2) is 6.91. The zero-order valence-electron chi connectivity index (χ0n) is 11.3. The Bertz CT molecular complexity index is 676. The van der Waals surface area contributed by atoms with Crippen molar-refractivity contribution in [2.24, 2.45) is 0 Å². The predicted octanol–water partition coefficient (Wildman–Crippen LogP) is 4.98. The first-order valence-corrected chi connectivity index (χ1v) is 7.55. The number of hydrogen-bond donors (Lipinski definition) is 0. The Hall–Kier alpha value is -1.59. The Morgan fingerprint density at radius 3 is 2.67 bits per heavy atom. The summed E-state index contributed by atoms with van der Waals surface area (Å²) >= 11 is 9.12. The molecule has 0 N–H and O–H groups in total. The lowest BCUT2D eigenvalue weighted by Crippen LogP contribution is -2.02. The average molecular weight is 371 g/mol. The molecule has 0 unspecified atom stereocenters. The molecule has 0 aliphatic rings. The Labute approximate surface area is 136 Å². The number of ether oxygens (including phenoxy) is 1. The van der Waals surface area contributed by atoms with Gasteiger partial charge in [0.15, 0.2) is 0 Å². The predicted molar refractivity (Wildman–Crippen MR) is 85.9 cm³/mol. The van der Waals surface area contributed by atoms with Crippen molar-refractivity contribution < 1.29 is 9.66 Å². The van der Waals surface area contributed by atoms with Crippen molar-refractivity contribution in [2.75, 3.05) is 0 Å². The van der Waals surface area contributed by atoms with E-state index in [1.807, 2.05) is 25.1 Å². The van der Waals surface area contributed by atoms with Gasteiger partial charge < -0.3 is 4.74 Å². The van der Waals surface area contributed by atoms with E-state index in [4.69, 9.17) is 16.3 Å². The summed E-state index contributed by atoms with van der Waals surface area (Å²) in [5, 5.41) is 11.1. The smallest absolute Gasteiger partial charge is 0.277 e. The number of hydrogen-bond acceptors (Lipinski definition) is 3. The molecule has 0 aliphatic carbocycles. The van der Waals surface area contributed by atoms with E-state index in [1.165, 1.54) is 6.07 Å². The average Bonchev–Trinajstić information content (AvgIpc) is 2.46. The molecule has 6 heteroatoms. The zero-order valence-corrected chi connectivity index (χ0v) is 13.6. The van der Waals surface area contributed by atoms with E-state index < -0.39 is 4.92 Å². The van der Waals surface area contributed by atoms with Crippen molar-refractivity contribution in [1.82, 2.24) is 0 Å². The van der Waals surface area contributed by atoms with Gasteiger partial charge in [-0.05, 0) is 25.1 Å². The van der Waals surface area contributed by atoms with Crippen LogP contribution in [0.4, 0.5) is 5.69 Å². The van der Waals surface area contributed by atoms with E-state index in [-0.39, 0.29) is 12.3 Å². The lowest BCUT2D eigenvalue weighted by atomic mass is 10.1. The highest BCUT2D eigenvalue weighted by Gasteiger charge is 2.15. The number of nitrogens with zero attached hydrogens (tertiary/aromatic N) is 1. The van der Waals surface area contributed by atoms with Crippen LogP contribution < -0.4 is 4.74 Å². The number of nitro benzene ring substituents is 1. The molecule has 110 valence electrons. The minimum Gasteiger partial charge on any atom is -0.488 e. The summed E-state index contributed by atoms with van der Waals surface area (Å²) in [6, 6.07) is 10.6. The van der Waals surface area contributed by atoms with Crippen LogP contribution in [-0.4, -0.2) is 4.92 Å². The molecule has 2 aromatic carbocycles. The van der Waals surface area contributed by atoms with Gasteiger partial charge in [-0.15, -0.1) is 11.6 Å². The first kappa shape index (κ1) is 15.8. The second-order valence-electron chi connectivity index (χ2n) is 4.56. The molecule has 21 heavy (non-hydrogen) atoms. The zero-order chi connectivity index (χ0) is 15.4. The Morgan fingerprint density at radius 2 is 2.00 bits per heavy atom. The molecule has 2 aromatic rings. The molecule has 2 rings (SSSR count). The van der Waals surface area contributed by atoms with Gasteiger partial charge in [0, 0.05) is 16.1 Å². The fourth-order valence-corrected chi connectivity index (χ4v) is 2.50. The van der Waals surface area contributed by atoms with Gasteiger partial charge in [0.1, 0.15) is 12.4 Å². The molecule has 0 bridgehead atoms. The van der Waals surface area contributed by atoms with Crippen LogP contribution in [-0.2, 0) is 12.5 Å². The van der Waals surface area contributed by atoms with Crippen LogP contribution in [0, 0.1) is 17.0 Å². The van der Waals surface area contributed by atoms with E-state index in [0.29, 0.717) is 21.7 Å². The maximum absolute atomic E-state index is 11.1. The third-order valence-corrected chi connectivity index (χ3v) is 3.77. The number of aryl methyl sites for hydroxylation is 1. The lowest BCUT2D eigenvalue weighted by Gasteiger charge is -2.11. The molecule has 0 aliphatic heterocycles. The maximum atomic E-state index is 11.1. The van der Waals surface area contributed by atoms with Gasteiger partial charge >= 0.3 is 0 Å². The fourth-order valence-electron chi connectivity index (χ4n) is 1.94. The van der Waals surface area contributed by atoms with Crippen molar-refractivity contribution in [1.29, 1.82) is 0 Å². The summed E-state index contributed by atoms with van der Waals surface area (Å²) in [7, 11) is 0. The van der Waals surface area contributed by atoms with E-state index in [9.17, 15) is 10.1 Å². The first-order chi connectivity index (χ1) is 10.0.